The maximum atomic E-state index is 13.6. The van der Waals surface area contributed by atoms with E-state index in [-0.39, 0.29) is 42.5 Å². The first-order chi connectivity index (χ1) is 19.0. The molecule has 4 rings (SSSR count). The van der Waals surface area contributed by atoms with E-state index in [2.05, 4.69) is 41.5 Å². The van der Waals surface area contributed by atoms with Gasteiger partial charge < -0.3 is 9.16 Å². The molecule has 0 saturated heterocycles. The Labute approximate surface area is 243 Å². The Hall–Kier alpha value is -1.79. The Morgan fingerprint density at radius 1 is 0.925 bits per heavy atom. The highest BCUT2D eigenvalue weighted by Crippen LogP contribution is 2.57. The molecule has 0 unspecified atom stereocenters. The molecule has 0 bridgehead atoms. The fourth-order valence-corrected chi connectivity index (χ4v) is 14.8. The van der Waals surface area contributed by atoms with Crippen LogP contribution < -0.4 is 0 Å². The molecule has 222 valence electrons. The minimum absolute atomic E-state index is 0.000342. The lowest BCUT2D eigenvalue weighted by molar-refractivity contribution is -0.147. The first-order valence-corrected chi connectivity index (χ1v) is 18.1. The van der Waals surface area contributed by atoms with Gasteiger partial charge >= 0.3 is 5.97 Å². The summed E-state index contributed by atoms with van der Waals surface area (Å²) in [5.41, 5.74) is 2.45. The Kier molecular flexibility index (Phi) is 10.5. The third-order valence-electron chi connectivity index (χ3n) is 10.7. The van der Waals surface area contributed by atoms with Gasteiger partial charge in [-0.05, 0) is 64.6 Å². The Morgan fingerprint density at radius 3 is 2.23 bits per heavy atom. The van der Waals surface area contributed by atoms with Crippen LogP contribution in [0.1, 0.15) is 98.5 Å². The second kappa shape index (κ2) is 13.5. The number of hydrogen-bond acceptors (Lipinski definition) is 5. The summed E-state index contributed by atoms with van der Waals surface area (Å²) in [5.74, 6) is 1.45. The largest absolute Gasteiger partial charge is 0.460 e. The average Bonchev–Trinajstić information content (AvgIpc) is 3.23. The Morgan fingerprint density at radius 2 is 1.57 bits per heavy atom. The van der Waals surface area contributed by atoms with Gasteiger partial charge in [-0.15, -0.1) is 0 Å². The molecule has 0 spiro atoms. The predicted molar refractivity (Wildman–Crippen MR) is 161 cm³/mol. The van der Waals surface area contributed by atoms with Crippen molar-refractivity contribution in [1.29, 1.82) is 0 Å². The molecular weight excluding hydrogens is 516 g/mol. The maximum absolute atomic E-state index is 13.6. The van der Waals surface area contributed by atoms with Gasteiger partial charge in [-0.25, -0.2) is 0 Å². The number of ether oxygens (including phenoxy) is 1. The molecule has 3 aliphatic rings. The van der Waals surface area contributed by atoms with E-state index < -0.39 is 14.3 Å². The Balaban J connectivity index is 1.45. The first-order valence-electron chi connectivity index (χ1n) is 15.9. The van der Waals surface area contributed by atoms with Crippen molar-refractivity contribution in [3.63, 3.8) is 0 Å². The second-order valence-electron chi connectivity index (χ2n) is 13.9. The lowest BCUT2D eigenvalue weighted by atomic mass is 9.57. The van der Waals surface area contributed by atoms with Gasteiger partial charge in [-0.1, -0.05) is 91.1 Å². The van der Waals surface area contributed by atoms with Crippen LogP contribution in [0.5, 0.6) is 0 Å². The molecule has 0 aliphatic heterocycles. The molecule has 3 fully saturated rings. The molecule has 0 amide bonds. The molecular formula is C34H52O5Si. The quantitative estimate of drug-likeness (QED) is 0.146. The van der Waals surface area contributed by atoms with Crippen molar-refractivity contribution in [2.24, 2.45) is 35.5 Å². The fraction of sp³-hybridized carbons (Fsp3) is 0.735. The summed E-state index contributed by atoms with van der Waals surface area (Å²) in [4.78, 5) is 39.2. The summed E-state index contributed by atoms with van der Waals surface area (Å²) >= 11 is 0. The number of benzene rings is 1. The average molecular weight is 569 g/mol. The van der Waals surface area contributed by atoms with Crippen LogP contribution in [0.2, 0.25) is 16.6 Å². The van der Waals surface area contributed by atoms with Crippen molar-refractivity contribution < 1.29 is 23.5 Å². The zero-order chi connectivity index (χ0) is 29.0. The zero-order valence-electron chi connectivity index (χ0n) is 25.7. The van der Waals surface area contributed by atoms with E-state index in [4.69, 9.17) is 9.16 Å². The number of rotatable bonds is 12. The van der Waals surface area contributed by atoms with Crippen LogP contribution in [-0.4, -0.2) is 32.5 Å². The Bertz CT molecular complexity index is 997. The van der Waals surface area contributed by atoms with Crippen LogP contribution in [0.15, 0.2) is 30.3 Å². The third-order valence-corrected chi connectivity index (χ3v) is 16.8. The van der Waals surface area contributed by atoms with E-state index in [1.165, 1.54) is 25.7 Å². The summed E-state index contributed by atoms with van der Waals surface area (Å²) in [6.07, 6.45) is 6.54. The van der Waals surface area contributed by atoms with Gasteiger partial charge in [0.15, 0.2) is 8.32 Å². The normalized spacial score (nSPS) is 28.6. The lowest BCUT2D eigenvalue weighted by Gasteiger charge is -2.49. The van der Waals surface area contributed by atoms with Gasteiger partial charge in [-0.3, -0.25) is 14.4 Å². The number of fused-ring (bicyclic) bond motifs is 3. The van der Waals surface area contributed by atoms with E-state index in [1.54, 1.807) is 0 Å². The zero-order valence-corrected chi connectivity index (χ0v) is 26.7. The highest BCUT2D eigenvalue weighted by Gasteiger charge is 2.56. The predicted octanol–water partition coefficient (Wildman–Crippen LogP) is 7.92. The molecule has 1 aromatic rings. The van der Waals surface area contributed by atoms with Gasteiger partial charge in [-0.2, -0.15) is 0 Å². The number of carbonyl (C=O) groups is 3. The molecule has 0 radical (unpaired) electrons. The van der Waals surface area contributed by atoms with Gasteiger partial charge in [0, 0.05) is 25.4 Å². The third kappa shape index (κ3) is 6.64. The fourth-order valence-electron chi connectivity index (χ4n) is 9.25. The number of esters is 1. The minimum Gasteiger partial charge on any atom is -0.460 e. The molecule has 1 aromatic carbocycles. The van der Waals surface area contributed by atoms with Gasteiger partial charge in [0.25, 0.3) is 0 Å². The van der Waals surface area contributed by atoms with Crippen LogP contribution in [0.4, 0.5) is 0 Å². The second-order valence-corrected chi connectivity index (χ2v) is 19.4. The standard InChI is InChI=1S/C34H52O5Si/c1-22(2)40(23(3)4,24(5)6)39-21-28-16-26-14-10-11-15-30(26)33-27(18-31(36)34(28)33)17-29(35)19-32(37)38-20-25-12-8-7-9-13-25/h7-9,12-13,22-24,26-28,30,33-34H,10-11,14-21H2,1-6H3/t26-,27-,28-,30+,33-,34-/m0/s1. The number of hydrogen-bond donors (Lipinski definition) is 0. The van der Waals surface area contributed by atoms with Crippen molar-refractivity contribution in [2.75, 3.05) is 6.61 Å². The summed E-state index contributed by atoms with van der Waals surface area (Å²) in [7, 11) is -2.03. The van der Waals surface area contributed by atoms with E-state index in [1.807, 2.05) is 30.3 Å². The van der Waals surface area contributed by atoms with E-state index in [9.17, 15) is 14.4 Å². The van der Waals surface area contributed by atoms with Crippen LogP contribution in [0.3, 0.4) is 0 Å². The summed E-state index contributed by atoms with van der Waals surface area (Å²) in [6.45, 7) is 14.8. The van der Waals surface area contributed by atoms with Crippen molar-refractivity contribution in [2.45, 2.75) is 116 Å². The molecule has 0 heterocycles. The van der Waals surface area contributed by atoms with Gasteiger partial charge in [0.1, 0.15) is 24.6 Å². The van der Waals surface area contributed by atoms with E-state index in [0.29, 0.717) is 53.7 Å². The van der Waals surface area contributed by atoms with Crippen LogP contribution in [-0.2, 0) is 30.2 Å². The summed E-state index contributed by atoms with van der Waals surface area (Å²) in [5, 5.41) is 0. The SMILES string of the molecule is CC(C)[Si](OC[C@@H]1C[C@@H]2CCCC[C@H]2[C@@H]2[C@@H](CC(=O)CC(=O)OCc3ccccc3)CC(=O)[C@H]12)(C(C)C)C(C)C. The van der Waals surface area contributed by atoms with Crippen molar-refractivity contribution >= 4 is 25.9 Å². The van der Waals surface area contributed by atoms with Crippen LogP contribution >= 0.6 is 0 Å². The molecule has 40 heavy (non-hydrogen) atoms. The minimum atomic E-state index is -2.03. The van der Waals surface area contributed by atoms with Crippen molar-refractivity contribution in [3.8, 4) is 0 Å². The van der Waals surface area contributed by atoms with E-state index in [0.717, 1.165) is 12.0 Å². The molecule has 3 saturated carbocycles. The van der Waals surface area contributed by atoms with Gasteiger partial charge in [0.2, 0.25) is 0 Å². The number of carbonyl (C=O) groups excluding carboxylic acids is 3. The van der Waals surface area contributed by atoms with Crippen molar-refractivity contribution in [3.05, 3.63) is 35.9 Å². The molecule has 6 heteroatoms. The van der Waals surface area contributed by atoms with E-state index >= 15 is 0 Å². The molecule has 3 aliphatic carbocycles. The first kappa shape index (κ1) is 31.1. The molecule has 6 atom stereocenters. The molecule has 5 nitrogen and oxygen atoms in total. The monoisotopic (exact) mass is 568 g/mol. The number of ketones is 2. The van der Waals surface area contributed by atoms with Crippen LogP contribution in [0.25, 0.3) is 0 Å². The smallest absolute Gasteiger partial charge is 0.313 e. The van der Waals surface area contributed by atoms with Crippen molar-refractivity contribution in [1.82, 2.24) is 0 Å². The lowest BCUT2D eigenvalue weighted by Crippen LogP contribution is -2.51. The highest BCUT2D eigenvalue weighted by molar-refractivity contribution is 6.77. The molecule has 0 N–H and O–H groups in total. The summed E-state index contributed by atoms with van der Waals surface area (Å²) in [6, 6.07) is 9.53. The topological polar surface area (TPSA) is 69.7 Å². The number of Topliss-reactive ketones (excluding diaryl/α,β-unsaturated/α-hetero) is 2. The van der Waals surface area contributed by atoms with Gasteiger partial charge in [0.05, 0.1) is 0 Å². The van der Waals surface area contributed by atoms with Crippen LogP contribution in [0, 0.1) is 35.5 Å². The molecule has 0 aromatic heterocycles. The maximum Gasteiger partial charge on any atom is 0.313 e. The highest BCUT2D eigenvalue weighted by atomic mass is 28.4. The summed E-state index contributed by atoms with van der Waals surface area (Å²) < 4.78 is 12.5.